The Hall–Kier alpha value is -1.86. The van der Waals surface area contributed by atoms with E-state index in [1.807, 2.05) is 12.0 Å². The van der Waals surface area contributed by atoms with E-state index in [0.717, 1.165) is 24.2 Å². The maximum atomic E-state index is 12.8. The van der Waals surface area contributed by atoms with Gasteiger partial charge in [-0.15, -0.1) is 0 Å². The van der Waals surface area contributed by atoms with E-state index in [-0.39, 0.29) is 11.2 Å². The third-order valence-electron chi connectivity index (χ3n) is 2.97. The zero-order valence-corrected chi connectivity index (χ0v) is 10.6. The topological polar surface area (TPSA) is 29.1 Å². The van der Waals surface area contributed by atoms with Crippen LogP contribution in [0.25, 0.3) is 0 Å². The van der Waals surface area contributed by atoms with E-state index in [1.165, 1.54) is 12.1 Å². The van der Waals surface area contributed by atoms with E-state index in [2.05, 4.69) is 19.2 Å². The Morgan fingerprint density at radius 1 is 1.22 bits per heavy atom. The molecule has 0 amide bonds. The van der Waals surface area contributed by atoms with Gasteiger partial charge in [0.2, 0.25) is 0 Å². The summed E-state index contributed by atoms with van der Waals surface area (Å²) in [6.07, 6.45) is 3.43. The number of benzene rings is 1. The van der Waals surface area contributed by atoms with Gasteiger partial charge in [0.1, 0.15) is 11.8 Å². The van der Waals surface area contributed by atoms with Gasteiger partial charge in [0.25, 0.3) is 0 Å². The molecule has 0 radical (unpaired) electrons. The van der Waals surface area contributed by atoms with Crippen LogP contribution in [0.15, 0.2) is 41.6 Å². The maximum absolute atomic E-state index is 12.8. The van der Waals surface area contributed by atoms with Gasteiger partial charge in [-0.05, 0) is 48.6 Å². The number of anilines is 1. The van der Waals surface area contributed by atoms with E-state index >= 15 is 0 Å². The molecular formula is C15H16FNO. The minimum Gasteiger partial charge on any atom is -0.359 e. The van der Waals surface area contributed by atoms with Crippen LogP contribution in [0.4, 0.5) is 10.1 Å². The molecule has 0 aliphatic heterocycles. The highest BCUT2D eigenvalue weighted by atomic mass is 19.1. The number of allylic oxidation sites excluding steroid dienone is 3. The highest BCUT2D eigenvalue weighted by Crippen LogP contribution is 2.37. The quantitative estimate of drug-likeness (QED) is 0.805. The standard InChI is InChI=1S/C15H16FNO/c1-15(2)8-11(10-18)7-14(9-15)17-13-5-3-12(16)4-6-13/h3-7,17H,8-9H2,1-2H3. The molecule has 1 aromatic carbocycles. The first kappa shape index (κ1) is 12.6. The molecule has 0 saturated heterocycles. The number of carbonyl (C=O) groups excluding carboxylic acids is 1. The van der Waals surface area contributed by atoms with Crippen LogP contribution < -0.4 is 5.32 Å². The van der Waals surface area contributed by atoms with Crippen LogP contribution in [0, 0.1) is 11.2 Å². The molecule has 94 valence electrons. The second kappa shape index (κ2) is 4.79. The lowest BCUT2D eigenvalue weighted by molar-refractivity contribution is 0.353. The Morgan fingerprint density at radius 2 is 1.89 bits per heavy atom. The molecule has 0 aromatic heterocycles. The molecule has 0 unspecified atom stereocenters. The minimum atomic E-state index is -0.257. The second-order valence-electron chi connectivity index (χ2n) is 5.45. The van der Waals surface area contributed by atoms with Crippen molar-refractivity contribution in [1.82, 2.24) is 0 Å². The predicted molar refractivity (Wildman–Crippen MR) is 70.3 cm³/mol. The van der Waals surface area contributed by atoms with E-state index in [0.29, 0.717) is 5.57 Å². The van der Waals surface area contributed by atoms with Crippen LogP contribution >= 0.6 is 0 Å². The Morgan fingerprint density at radius 3 is 2.50 bits per heavy atom. The highest BCUT2D eigenvalue weighted by molar-refractivity contribution is 5.61. The molecule has 18 heavy (non-hydrogen) atoms. The monoisotopic (exact) mass is 245 g/mol. The maximum Gasteiger partial charge on any atom is 0.128 e. The summed E-state index contributed by atoms with van der Waals surface area (Å²) in [7, 11) is 0. The van der Waals surface area contributed by atoms with Crippen LogP contribution in [0.5, 0.6) is 0 Å². The number of halogens is 1. The van der Waals surface area contributed by atoms with Crippen molar-refractivity contribution in [2.75, 3.05) is 5.32 Å². The van der Waals surface area contributed by atoms with Crippen molar-refractivity contribution >= 4 is 11.6 Å². The first-order chi connectivity index (χ1) is 8.48. The number of rotatable bonds is 2. The summed E-state index contributed by atoms with van der Waals surface area (Å²) in [5, 5.41) is 3.22. The normalized spacial score (nSPS) is 17.9. The van der Waals surface area contributed by atoms with Gasteiger partial charge in [0.05, 0.1) is 0 Å². The Labute approximate surface area is 106 Å². The first-order valence-electron chi connectivity index (χ1n) is 5.96. The average Bonchev–Trinajstić information content (AvgIpc) is 2.30. The molecule has 0 bridgehead atoms. The lowest BCUT2D eigenvalue weighted by Crippen LogP contribution is -2.20. The molecule has 1 aliphatic carbocycles. The van der Waals surface area contributed by atoms with Gasteiger partial charge in [-0.1, -0.05) is 13.8 Å². The molecule has 2 rings (SSSR count). The third-order valence-corrected chi connectivity index (χ3v) is 2.97. The van der Waals surface area contributed by atoms with E-state index in [9.17, 15) is 9.18 Å². The summed E-state index contributed by atoms with van der Waals surface area (Å²) in [6, 6.07) is 6.19. The fourth-order valence-corrected chi connectivity index (χ4v) is 2.27. The lowest BCUT2D eigenvalue weighted by atomic mass is 9.77. The number of hydrogen-bond acceptors (Lipinski definition) is 2. The molecule has 0 atom stereocenters. The van der Waals surface area contributed by atoms with Crippen molar-refractivity contribution in [3.63, 3.8) is 0 Å². The molecule has 0 fully saturated rings. The van der Waals surface area contributed by atoms with Crippen LogP contribution in [-0.2, 0) is 4.79 Å². The summed E-state index contributed by atoms with van der Waals surface area (Å²) in [4.78, 5) is 10.8. The molecule has 2 nitrogen and oxygen atoms in total. The predicted octanol–water partition coefficient (Wildman–Crippen LogP) is 3.70. The fraction of sp³-hybridized carbons (Fsp3) is 0.333. The van der Waals surface area contributed by atoms with Gasteiger partial charge in [0, 0.05) is 17.0 Å². The highest BCUT2D eigenvalue weighted by Gasteiger charge is 2.26. The van der Waals surface area contributed by atoms with Crippen molar-refractivity contribution < 1.29 is 9.18 Å². The first-order valence-corrected chi connectivity index (χ1v) is 5.96. The molecule has 1 aromatic rings. The van der Waals surface area contributed by atoms with Crippen LogP contribution in [0.1, 0.15) is 26.7 Å². The van der Waals surface area contributed by atoms with Crippen molar-refractivity contribution in [1.29, 1.82) is 0 Å². The number of nitrogens with one attached hydrogen (secondary N) is 1. The molecule has 0 heterocycles. The SMILES string of the molecule is CC1(C)CC(=C=O)C=C(Nc2ccc(F)cc2)C1. The molecular weight excluding hydrogens is 229 g/mol. The summed E-state index contributed by atoms with van der Waals surface area (Å²) in [6.45, 7) is 4.23. The van der Waals surface area contributed by atoms with Gasteiger partial charge in [-0.25, -0.2) is 9.18 Å². The zero-order valence-electron chi connectivity index (χ0n) is 10.6. The smallest absolute Gasteiger partial charge is 0.128 e. The van der Waals surface area contributed by atoms with Crippen molar-refractivity contribution in [2.45, 2.75) is 26.7 Å². The van der Waals surface area contributed by atoms with Gasteiger partial charge in [-0.2, -0.15) is 0 Å². The minimum absolute atomic E-state index is 0.0455. The van der Waals surface area contributed by atoms with Gasteiger partial charge in [0.15, 0.2) is 0 Å². The Bertz CT molecular complexity index is 522. The lowest BCUT2D eigenvalue weighted by Gasteiger charge is -2.30. The molecule has 3 heteroatoms. The van der Waals surface area contributed by atoms with Crippen molar-refractivity contribution in [3.05, 3.63) is 47.4 Å². The van der Waals surface area contributed by atoms with Gasteiger partial charge >= 0.3 is 0 Å². The van der Waals surface area contributed by atoms with Crippen LogP contribution in [-0.4, -0.2) is 5.94 Å². The largest absolute Gasteiger partial charge is 0.359 e. The van der Waals surface area contributed by atoms with Crippen LogP contribution in [0.2, 0.25) is 0 Å². The van der Waals surface area contributed by atoms with E-state index < -0.39 is 0 Å². The van der Waals surface area contributed by atoms with E-state index in [1.54, 1.807) is 12.1 Å². The summed E-state index contributed by atoms with van der Waals surface area (Å²) >= 11 is 0. The fourth-order valence-electron chi connectivity index (χ4n) is 2.27. The Balaban J connectivity index is 2.20. The Kier molecular flexibility index (Phi) is 3.35. The van der Waals surface area contributed by atoms with Crippen LogP contribution in [0.3, 0.4) is 0 Å². The molecule has 0 saturated carbocycles. The second-order valence-corrected chi connectivity index (χ2v) is 5.45. The average molecular weight is 245 g/mol. The molecule has 0 spiro atoms. The molecule has 1 aliphatic rings. The molecule has 1 N–H and O–H groups in total. The van der Waals surface area contributed by atoms with Crippen molar-refractivity contribution in [2.24, 2.45) is 5.41 Å². The summed E-state index contributed by atoms with van der Waals surface area (Å²) < 4.78 is 12.8. The summed E-state index contributed by atoms with van der Waals surface area (Å²) in [5.74, 6) is 1.72. The summed E-state index contributed by atoms with van der Waals surface area (Å²) in [5.41, 5.74) is 2.52. The van der Waals surface area contributed by atoms with E-state index in [4.69, 9.17) is 0 Å². The zero-order chi connectivity index (χ0) is 13.2. The van der Waals surface area contributed by atoms with Gasteiger partial charge in [-0.3, -0.25) is 0 Å². The number of hydrogen-bond donors (Lipinski definition) is 1. The van der Waals surface area contributed by atoms with Crippen molar-refractivity contribution in [3.8, 4) is 0 Å². The third kappa shape index (κ3) is 3.08. The van der Waals surface area contributed by atoms with Gasteiger partial charge < -0.3 is 5.32 Å².